The quantitative estimate of drug-likeness (QED) is 0.423. The van der Waals surface area contributed by atoms with Crippen LogP contribution < -0.4 is 5.32 Å². The van der Waals surface area contributed by atoms with Gasteiger partial charge < -0.3 is 14.8 Å². The molecule has 0 saturated carbocycles. The molecule has 0 unspecified atom stereocenters. The number of anilines is 1. The molecule has 5 rings (SSSR count). The molecule has 1 atom stereocenters. The summed E-state index contributed by atoms with van der Waals surface area (Å²) in [4.78, 5) is 16.1. The van der Waals surface area contributed by atoms with Crippen LogP contribution in [0.5, 0.6) is 0 Å². The third-order valence-electron chi connectivity index (χ3n) is 6.15. The highest BCUT2D eigenvalue weighted by molar-refractivity contribution is 5.78. The lowest BCUT2D eigenvalue weighted by Crippen LogP contribution is -2.26. The number of hydrogen-bond donors (Lipinski definition) is 1. The zero-order valence-electron chi connectivity index (χ0n) is 19.2. The smallest absolute Gasteiger partial charge is 0.222 e. The summed E-state index contributed by atoms with van der Waals surface area (Å²) in [7, 11) is 3.83. The number of aryl methyl sites for hydroxylation is 1. The molecule has 1 aliphatic heterocycles. The molecule has 0 spiro atoms. The predicted molar refractivity (Wildman–Crippen MR) is 128 cm³/mol. The van der Waals surface area contributed by atoms with E-state index in [0.29, 0.717) is 12.5 Å². The van der Waals surface area contributed by atoms with Gasteiger partial charge in [-0.05, 0) is 61.5 Å². The van der Waals surface area contributed by atoms with Crippen LogP contribution in [0.1, 0.15) is 23.9 Å². The first-order chi connectivity index (χ1) is 16.5. The maximum Gasteiger partial charge on any atom is 0.222 e. The summed E-state index contributed by atoms with van der Waals surface area (Å²) in [5.74, 6) is 1.01. The van der Waals surface area contributed by atoms with Crippen LogP contribution in [-0.2, 0) is 13.0 Å². The van der Waals surface area contributed by atoms with E-state index in [9.17, 15) is 8.78 Å². The van der Waals surface area contributed by atoms with Crippen molar-refractivity contribution in [1.29, 1.82) is 0 Å². The molecule has 2 aromatic carbocycles. The monoisotopic (exact) mass is 460 g/mol. The van der Waals surface area contributed by atoms with E-state index in [1.165, 1.54) is 18.2 Å². The molecule has 8 heteroatoms. The van der Waals surface area contributed by atoms with Gasteiger partial charge in [-0.3, -0.25) is 0 Å². The van der Waals surface area contributed by atoms with Gasteiger partial charge >= 0.3 is 0 Å². The van der Waals surface area contributed by atoms with Gasteiger partial charge in [0, 0.05) is 44.4 Å². The second kappa shape index (κ2) is 9.30. The molecule has 2 aromatic heterocycles. The predicted octanol–water partition coefficient (Wildman–Crippen LogP) is 4.95. The fourth-order valence-corrected chi connectivity index (χ4v) is 4.68. The van der Waals surface area contributed by atoms with Crippen molar-refractivity contribution in [1.82, 2.24) is 24.4 Å². The Labute approximate surface area is 197 Å². The standard InChI is InChI=1S/C26H26F2N6/c1-29-26-30-13-12-22(31-26)25-24(18-6-8-19(27)9-7-18)32-23-11-10-21(34(23)25)16-33(2)15-17-4-3-5-20(28)14-17/h3-9,12-14,21H,10-11,15-16H2,1-2H3,(H,29,30,31)/t21-/m0/s1. The van der Waals surface area contributed by atoms with Gasteiger partial charge in [0.15, 0.2) is 0 Å². The van der Waals surface area contributed by atoms with E-state index in [1.807, 2.05) is 19.2 Å². The molecular weight excluding hydrogens is 434 g/mol. The number of fused-ring (bicyclic) bond motifs is 1. The summed E-state index contributed by atoms with van der Waals surface area (Å²) in [6, 6.07) is 15.2. The topological polar surface area (TPSA) is 58.9 Å². The molecular formula is C26H26F2N6. The molecule has 174 valence electrons. The SMILES string of the molecule is CNc1nccc(-c2c(-c3ccc(F)cc3)nc3n2[C@H](CN(C)Cc2cccc(F)c2)CC3)n1. The van der Waals surface area contributed by atoms with Crippen molar-refractivity contribution in [2.24, 2.45) is 0 Å². The van der Waals surface area contributed by atoms with Gasteiger partial charge in [-0.15, -0.1) is 0 Å². The van der Waals surface area contributed by atoms with E-state index in [4.69, 9.17) is 9.97 Å². The van der Waals surface area contributed by atoms with E-state index in [1.54, 1.807) is 37.5 Å². The average molecular weight is 461 g/mol. The summed E-state index contributed by atoms with van der Waals surface area (Å²) in [6.07, 6.45) is 3.52. The van der Waals surface area contributed by atoms with E-state index in [-0.39, 0.29) is 17.7 Å². The number of aromatic nitrogens is 4. The number of nitrogens with zero attached hydrogens (tertiary/aromatic N) is 5. The van der Waals surface area contributed by atoms with Crippen molar-refractivity contribution < 1.29 is 8.78 Å². The first-order valence-electron chi connectivity index (χ1n) is 11.3. The molecule has 1 aliphatic rings. The summed E-state index contributed by atoms with van der Waals surface area (Å²) in [6.45, 7) is 1.43. The number of likely N-dealkylation sites (N-methyl/N-ethyl adjacent to an activating group) is 1. The first kappa shape index (κ1) is 22.2. The van der Waals surface area contributed by atoms with Crippen molar-refractivity contribution in [3.63, 3.8) is 0 Å². The Morgan fingerprint density at radius 1 is 1.06 bits per heavy atom. The Balaban J connectivity index is 1.52. The summed E-state index contributed by atoms with van der Waals surface area (Å²) in [5, 5.41) is 3.00. The Hall–Kier alpha value is -3.65. The van der Waals surface area contributed by atoms with Gasteiger partial charge in [0.2, 0.25) is 5.95 Å². The van der Waals surface area contributed by atoms with E-state index < -0.39 is 0 Å². The van der Waals surface area contributed by atoms with Crippen molar-refractivity contribution in [2.45, 2.75) is 25.4 Å². The normalized spacial score (nSPS) is 15.0. The van der Waals surface area contributed by atoms with Gasteiger partial charge in [-0.25, -0.2) is 23.7 Å². The number of nitrogens with one attached hydrogen (secondary N) is 1. The van der Waals surface area contributed by atoms with E-state index >= 15 is 0 Å². The lowest BCUT2D eigenvalue weighted by molar-refractivity contribution is 0.273. The Morgan fingerprint density at radius 2 is 1.88 bits per heavy atom. The molecule has 0 fully saturated rings. The number of halogens is 2. The summed E-state index contributed by atoms with van der Waals surface area (Å²) >= 11 is 0. The molecule has 0 saturated heterocycles. The molecule has 0 aliphatic carbocycles. The van der Waals surface area contributed by atoms with Crippen molar-refractivity contribution in [3.05, 3.63) is 83.8 Å². The molecule has 0 amide bonds. The van der Waals surface area contributed by atoms with Crippen molar-refractivity contribution >= 4 is 5.95 Å². The highest BCUT2D eigenvalue weighted by Crippen LogP contribution is 2.39. The number of imidazole rings is 1. The molecule has 34 heavy (non-hydrogen) atoms. The zero-order valence-corrected chi connectivity index (χ0v) is 19.2. The average Bonchev–Trinajstić information content (AvgIpc) is 3.39. The molecule has 6 nitrogen and oxygen atoms in total. The number of rotatable bonds is 7. The molecule has 4 aromatic rings. The van der Waals surface area contributed by atoms with Gasteiger partial charge in [-0.1, -0.05) is 12.1 Å². The summed E-state index contributed by atoms with van der Waals surface area (Å²) < 4.78 is 29.5. The maximum absolute atomic E-state index is 13.6. The molecule has 3 heterocycles. The fourth-order valence-electron chi connectivity index (χ4n) is 4.68. The summed E-state index contributed by atoms with van der Waals surface area (Å²) in [5.41, 5.74) is 4.23. The van der Waals surface area contributed by atoms with E-state index in [2.05, 4.69) is 19.8 Å². The second-order valence-corrected chi connectivity index (χ2v) is 8.64. The Bertz CT molecular complexity index is 1300. The van der Waals surface area contributed by atoms with Crippen LogP contribution in [0.2, 0.25) is 0 Å². The highest BCUT2D eigenvalue weighted by atomic mass is 19.1. The van der Waals surface area contributed by atoms with Crippen molar-refractivity contribution in [2.75, 3.05) is 26.0 Å². The van der Waals surface area contributed by atoms with Gasteiger partial charge in [-0.2, -0.15) is 0 Å². The van der Waals surface area contributed by atoms with Crippen LogP contribution in [0.15, 0.2) is 60.8 Å². The van der Waals surface area contributed by atoms with Gasteiger partial charge in [0.25, 0.3) is 0 Å². The molecule has 1 N–H and O–H groups in total. The van der Waals surface area contributed by atoms with Gasteiger partial charge in [0.1, 0.15) is 17.5 Å². The zero-order chi connectivity index (χ0) is 23.7. The van der Waals surface area contributed by atoms with Crippen LogP contribution in [0.3, 0.4) is 0 Å². The van der Waals surface area contributed by atoms with Gasteiger partial charge in [0.05, 0.1) is 17.1 Å². The second-order valence-electron chi connectivity index (χ2n) is 8.64. The Morgan fingerprint density at radius 3 is 2.65 bits per heavy atom. The van der Waals surface area contributed by atoms with Crippen LogP contribution in [0, 0.1) is 11.6 Å². The van der Waals surface area contributed by atoms with Crippen LogP contribution in [0.4, 0.5) is 14.7 Å². The minimum absolute atomic E-state index is 0.179. The molecule has 0 radical (unpaired) electrons. The largest absolute Gasteiger partial charge is 0.357 e. The fraction of sp³-hybridized carbons (Fsp3) is 0.269. The minimum atomic E-state index is -0.284. The molecule has 0 bridgehead atoms. The Kier molecular flexibility index (Phi) is 6.06. The third kappa shape index (κ3) is 4.41. The number of benzene rings is 2. The lowest BCUT2D eigenvalue weighted by atomic mass is 10.1. The third-order valence-corrected chi connectivity index (χ3v) is 6.15. The van der Waals surface area contributed by atoms with Crippen LogP contribution in [0.25, 0.3) is 22.6 Å². The minimum Gasteiger partial charge on any atom is -0.357 e. The van der Waals surface area contributed by atoms with Crippen LogP contribution >= 0.6 is 0 Å². The van der Waals surface area contributed by atoms with Crippen LogP contribution in [-0.4, -0.2) is 45.1 Å². The number of hydrogen-bond acceptors (Lipinski definition) is 5. The highest BCUT2D eigenvalue weighted by Gasteiger charge is 2.31. The van der Waals surface area contributed by atoms with E-state index in [0.717, 1.165) is 53.4 Å². The maximum atomic E-state index is 13.6. The first-order valence-corrected chi connectivity index (χ1v) is 11.3. The van der Waals surface area contributed by atoms with Crippen molar-refractivity contribution in [3.8, 4) is 22.6 Å². The lowest BCUT2D eigenvalue weighted by Gasteiger charge is -2.24.